The molecule has 3 aromatic rings. The molecule has 114 valence electrons. The maximum absolute atomic E-state index is 12.1. The minimum absolute atomic E-state index is 0.250. The van der Waals surface area contributed by atoms with Gasteiger partial charge in [0.2, 0.25) is 5.78 Å². The van der Waals surface area contributed by atoms with Crippen LogP contribution in [-0.2, 0) is 0 Å². The molecular weight excluding hydrogens is 295 g/mol. The summed E-state index contributed by atoms with van der Waals surface area (Å²) < 4.78 is 42.1. The first-order valence-electron chi connectivity index (χ1n) is 6.51. The van der Waals surface area contributed by atoms with Crippen molar-refractivity contribution in [2.24, 2.45) is 0 Å². The highest BCUT2D eigenvalue weighted by Crippen LogP contribution is 2.26. The van der Waals surface area contributed by atoms with Crippen molar-refractivity contribution < 1.29 is 17.9 Å². The van der Waals surface area contributed by atoms with Gasteiger partial charge in [-0.3, -0.25) is 4.40 Å². The number of aromatic nitrogens is 3. The number of alkyl halides is 3. The van der Waals surface area contributed by atoms with Crippen LogP contribution < -0.4 is 4.74 Å². The van der Waals surface area contributed by atoms with Crippen molar-refractivity contribution in [3.8, 4) is 16.9 Å². The molecular formula is C15H12F3N3O. The lowest BCUT2D eigenvalue weighted by Crippen LogP contribution is -2.16. The molecule has 0 fully saturated rings. The fourth-order valence-corrected chi connectivity index (χ4v) is 2.15. The molecule has 0 saturated heterocycles. The van der Waals surface area contributed by atoms with Crippen LogP contribution in [0.2, 0.25) is 0 Å². The minimum atomic E-state index is -4.69. The van der Waals surface area contributed by atoms with E-state index in [4.69, 9.17) is 0 Å². The van der Waals surface area contributed by atoms with E-state index in [0.717, 1.165) is 22.5 Å². The van der Waals surface area contributed by atoms with E-state index in [9.17, 15) is 13.2 Å². The molecule has 0 amide bonds. The van der Waals surface area contributed by atoms with Crippen molar-refractivity contribution in [2.75, 3.05) is 0 Å². The molecule has 0 radical (unpaired) electrons. The van der Waals surface area contributed by atoms with E-state index in [1.807, 2.05) is 24.4 Å². The van der Waals surface area contributed by atoms with Gasteiger partial charge in [0.1, 0.15) is 5.75 Å². The highest BCUT2D eigenvalue weighted by Gasteiger charge is 2.30. The van der Waals surface area contributed by atoms with Crippen molar-refractivity contribution in [2.45, 2.75) is 20.2 Å². The Labute approximate surface area is 124 Å². The number of hydrogen-bond donors (Lipinski definition) is 0. The molecule has 0 N–H and O–H groups in total. The maximum atomic E-state index is 12.1. The van der Waals surface area contributed by atoms with Gasteiger partial charge in [0, 0.05) is 23.7 Å². The van der Waals surface area contributed by atoms with E-state index in [-0.39, 0.29) is 5.75 Å². The Hall–Kier alpha value is -2.57. The third-order valence-corrected chi connectivity index (χ3v) is 3.38. The summed E-state index contributed by atoms with van der Waals surface area (Å²) in [5, 5.41) is 0. The van der Waals surface area contributed by atoms with Gasteiger partial charge in [-0.15, -0.1) is 13.2 Å². The van der Waals surface area contributed by atoms with Crippen LogP contribution in [-0.4, -0.2) is 20.7 Å². The van der Waals surface area contributed by atoms with Crippen LogP contribution in [0.25, 0.3) is 16.9 Å². The zero-order chi connectivity index (χ0) is 15.9. The predicted molar refractivity (Wildman–Crippen MR) is 74.6 cm³/mol. The summed E-state index contributed by atoms with van der Waals surface area (Å²) in [4.78, 5) is 8.57. The lowest BCUT2D eigenvalue weighted by Gasteiger charge is -2.09. The Morgan fingerprint density at radius 1 is 1.05 bits per heavy atom. The fourth-order valence-electron chi connectivity index (χ4n) is 2.15. The topological polar surface area (TPSA) is 39.4 Å². The molecule has 2 heterocycles. The number of ether oxygens (including phenoxy) is 1. The van der Waals surface area contributed by atoms with Gasteiger partial charge >= 0.3 is 6.36 Å². The van der Waals surface area contributed by atoms with Crippen LogP contribution >= 0.6 is 0 Å². The molecule has 0 unspecified atom stereocenters. The minimum Gasteiger partial charge on any atom is -0.406 e. The van der Waals surface area contributed by atoms with Gasteiger partial charge < -0.3 is 4.74 Å². The summed E-state index contributed by atoms with van der Waals surface area (Å²) >= 11 is 0. The lowest BCUT2D eigenvalue weighted by atomic mass is 10.1. The first kappa shape index (κ1) is 14.4. The molecule has 7 heteroatoms. The number of benzene rings is 1. The molecule has 0 aliphatic rings. The van der Waals surface area contributed by atoms with Crippen LogP contribution in [0.4, 0.5) is 13.2 Å². The van der Waals surface area contributed by atoms with E-state index in [0.29, 0.717) is 5.78 Å². The summed E-state index contributed by atoms with van der Waals surface area (Å²) in [5.74, 6) is 0.343. The molecule has 3 rings (SSSR count). The molecule has 0 aliphatic carbocycles. The zero-order valence-electron chi connectivity index (χ0n) is 11.8. The van der Waals surface area contributed by atoms with Crippen molar-refractivity contribution in [1.82, 2.24) is 14.4 Å². The van der Waals surface area contributed by atoms with E-state index in [1.165, 1.54) is 12.1 Å². The summed E-state index contributed by atoms with van der Waals surface area (Å²) in [6.45, 7) is 3.83. The van der Waals surface area contributed by atoms with Gasteiger partial charge in [0.15, 0.2) is 0 Å². The number of nitrogens with zero attached hydrogens (tertiary/aromatic N) is 3. The van der Waals surface area contributed by atoms with Crippen LogP contribution in [0.5, 0.6) is 5.75 Å². The number of halogens is 3. The van der Waals surface area contributed by atoms with Crippen molar-refractivity contribution in [3.63, 3.8) is 0 Å². The highest BCUT2D eigenvalue weighted by atomic mass is 19.4. The van der Waals surface area contributed by atoms with Crippen molar-refractivity contribution in [3.05, 3.63) is 48.0 Å². The maximum Gasteiger partial charge on any atom is 0.573 e. The number of fused-ring (bicyclic) bond motifs is 1. The van der Waals surface area contributed by atoms with Gasteiger partial charge in [-0.05, 0) is 31.5 Å². The third-order valence-electron chi connectivity index (χ3n) is 3.38. The molecule has 22 heavy (non-hydrogen) atoms. The quantitative estimate of drug-likeness (QED) is 0.720. The molecule has 0 aliphatic heterocycles. The normalized spacial score (nSPS) is 11.9. The number of aryl methyl sites for hydroxylation is 2. The van der Waals surface area contributed by atoms with E-state index in [1.54, 1.807) is 18.3 Å². The van der Waals surface area contributed by atoms with Crippen molar-refractivity contribution >= 4 is 5.78 Å². The van der Waals surface area contributed by atoms with Crippen molar-refractivity contribution in [1.29, 1.82) is 0 Å². The summed E-state index contributed by atoms with van der Waals surface area (Å²) in [6, 6.07) is 5.67. The average molecular weight is 307 g/mol. The predicted octanol–water partition coefficient (Wildman–Crippen LogP) is 3.91. The van der Waals surface area contributed by atoms with E-state index in [2.05, 4.69) is 14.7 Å². The van der Waals surface area contributed by atoms with Crippen LogP contribution in [0.15, 0.2) is 36.7 Å². The van der Waals surface area contributed by atoms with Crippen LogP contribution in [0, 0.1) is 13.8 Å². The molecule has 0 atom stereocenters. The standard InChI is InChI=1S/C15H12F3N3O/c1-9-10(2)21-8-12(7-19-14(21)20-9)11-3-5-13(6-4-11)22-15(16,17)18/h3-8H,1-2H3. The second-order valence-corrected chi connectivity index (χ2v) is 4.87. The highest BCUT2D eigenvalue weighted by molar-refractivity contribution is 5.63. The van der Waals surface area contributed by atoms with Crippen LogP contribution in [0.1, 0.15) is 11.4 Å². The van der Waals surface area contributed by atoms with Gasteiger partial charge in [0.25, 0.3) is 0 Å². The summed E-state index contributed by atoms with van der Waals surface area (Å²) in [7, 11) is 0. The molecule has 0 saturated carbocycles. The van der Waals surface area contributed by atoms with Gasteiger partial charge in [-0.25, -0.2) is 9.97 Å². The Morgan fingerprint density at radius 3 is 2.36 bits per heavy atom. The summed E-state index contributed by atoms with van der Waals surface area (Å²) in [5.41, 5.74) is 3.39. The number of rotatable bonds is 2. The number of imidazole rings is 1. The first-order valence-corrected chi connectivity index (χ1v) is 6.51. The molecule has 2 aromatic heterocycles. The molecule has 0 spiro atoms. The number of hydrogen-bond acceptors (Lipinski definition) is 3. The van der Waals surface area contributed by atoms with Crippen LogP contribution in [0.3, 0.4) is 0 Å². The Bertz CT molecular complexity index is 822. The molecule has 0 bridgehead atoms. The summed E-state index contributed by atoms with van der Waals surface area (Å²) in [6.07, 6.45) is -1.19. The average Bonchev–Trinajstić information content (AvgIpc) is 2.73. The van der Waals surface area contributed by atoms with E-state index < -0.39 is 6.36 Å². The molecule has 4 nitrogen and oxygen atoms in total. The second kappa shape index (κ2) is 5.01. The lowest BCUT2D eigenvalue weighted by molar-refractivity contribution is -0.274. The van der Waals surface area contributed by atoms with Gasteiger partial charge in [-0.2, -0.15) is 0 Å². The zero-order valence-corrected chi connectivity index (χ0v) is 11.8. The first-order chi connectivity index (χ1) is 10.3. The Morgan fingerprint density at radius 2 is 1.73 bits per heavy atom. The van der Waals surface area contributed by atoms with Gasteiger partial charge in [-0.1, -0.05) is 12.1 Å². The molecule has 1 aromatic carbocycles. The Balaban J connectivity index is 1.95. The smallest absolute Gasteiger partial charge is 0.406 e. The monoisotopic (exact) mass is 307 g/mol. The SMILES string of the molecule is Cc1nc2ncc(-c3ccc(OC(F)(F)F)cc3)cn2c1C. The van der Waals surface area contributed by atoms with Gasteiger partial charge in [0.05, 0.1) is 5.69 Å². The third kappa shape index (κ3) is 2.74. The second-order valence-electron chi connectivity index (χ2n) is 4.87. The fraction of sp³-hybridized carbons (Fsp3) is 0.200. The largest absolute Gasteiger partial charge is 0.573 e. The van der Waals surface area contributed by atoms with E-state index >= 15 is 0 Å². The Kier molecular flexibility index (Phi) is 3.27.